The predicted octanol–water partition coefficient (Wildman–Crippen LogP) is 9.68. The number of amides is 5. The summed E-state index contributed by atoms with van der Waals surface area (Å²) >= 11 is 7.75. The number of sulfonamides is 1. The number of rotatable bonds is 25. The van der Waals surface area contributed by atoms with Crippen LogP contribution >= 0.6 is 22.9 Å². The minimum Gasteiger partial charge on any atom is -0.391 e. The molecule has 0 spiro atoms. The maximum Gasteiger partial charge on any atom is 0.501 e. The second-order valence-electron chi connectivity index (χ2n) is 27.3. The van der Waals surface area contributed by atoms with E-state index in [-0.39, 0.29) is 61.7 Å². The molecule has 4 aliphatic rings. The molecule has 0 unspecified atom stereocenters. The highest BCUT2D eigenvalue weighted by Crippen LogP contribution is 2.43. The zero-order valence-corrected chi connectivity index (χ0v) is 58.5. The van der Waals surface area contributed by atoms with Gasteiger partial charge in [0.25, 0.3) is 25.8 Å². The molecule has 3 atom stereocenters. The lowest BCUT2D eigenvalue weighted by Gasteiger charge is -2.39. The molecule has 3 fully saturated rings. The van der Waals surface area contributed by atoms with E-state index in [0.29, 0.717) is 82.6 Å². The number of nitrogens with zero attached hydrogens (tertiary/aromatic N) is 6. The topological polar surface area (TPSA) is 251 Å². The first-order valence-corrected chi connectivity index (χ1v) is 36.9. The number of thiazole rings is 1. The van der Waals surface area contributed by atoms with Crippen LogP contribution in [0.3, 0.4) is 0 Å². The number of likely N-dealkylation sites (tertiary alicyclic amines) is 1. The van der Waals surface area contributed by atoms with E-state index in [4.69, 9.17) is 11.6 Å². The molecule has 0 radical (unpaired) electrons. The standard InChI is InChI=1S/C69H88ClF3N10O10S3/c1-46-62(94-45-76-46)49-15-13-47(14-16-49)42-75-65(88)58-39-54(84)44-83(58)66(89)63(67(2,3)4)77-60(85)11-8-7-9-12-61(86)82-37-31-79(32-38-82)30-10-29-74-57-26-25-55(40-59(57)95(90,91)69(71,72)73)96(92,93)78-64(87)50-19-23-53(24-20-50)81-35-33-80(34-36-81)43-51-41-68(5,6)28-27-56(51)48-17-21-52(70)22-18-48/h13-26,40,45,54,58,63,74,84H,7-12,27-39,41-44H2,1-6H3,(H,75,88)(H,77,85)(H,78,87)/t54-,58+,63-/m1/s1. The van der Waals surface area contributed by atoms with Crippen molar-refractivity contribution in [3.63, 3.8) is 0 Å². The number of alkyl halides is 3. The summed E-state index contributed by atoms with van der Waals surface area (Å²) in [6.45, 7) is 18.3. The van der Waals surface area contributed by atoms with Crippen molar-refractivity contribution < 1.29 is 59.1 Å². The summed E-state index contributed by atoms with van der Waals surface area (Å²) in [5.74, 6) is -2.33. The van der Waals surface area contributed by atoms with E-state index in [9.17, 15) is 59.1 Å². The number of allylic oxidation sites excluding steroid dienone is 1. The maximum atomic E-state index is 14.1. The summed E-state index contributed by atoms with van der Waals surface area (Å²) in [5.41, 5.74) is 2.60. The van der Waals surface area contributed by atoms with Crippen molar-refractivity contribution in [2.75, 3.05) is 88.8 Å². The summed E-state index contributed by atoms with van der Waals surface area (Å²) in [4.78, 5) is 80.5. The van der Waals surface area contributed by atoms with Gasteiger partial charge in [-0.25, -0.2) is 26.5 Å². The van der Waals surface area contributed by atoms with Crippen molar-refractivity contribution in [1.82, 2.24) is 39.9 Å². The van der Waals surface area contributed by atoms with Gasteiger partial charge >= 0.3 is 5.51 Å². The number of benzene rings is 4. The zero-order valence-electron chi connectivity index (χ0n) is 55.3. The number of hydrogen-bond donors (Lipinski definition) is 5. The predicted molar refractivity (Wildman–Crippen MR) is 366 cm³/mol. The number of halogens is 4. The lowest BCUT2D eigenvalue weighted by molar-refractivity contribution is -0.144. The number of anilines is 2. The number of aromatic nitrogens is 1. The Balaban J connectivity index is 0.681. The fourth-order valence-corrected chi connectivity index (χ4v) is 15.9. The van der Waals surface area contributed by atoms with Crippen molar-refractivity contribution in [3.05, 3.63) is 129 Å². The lowest BCUT2D eigenvalue weighted by atomic mass is 9.73. The summed E-state index contributed by atoms with van der Waals surface area (Å²) in [6, 6.07) is 22.5. The molecule has 5 amide bonds. The van der Waals surface area contributed by atoms with Crippen LogP contribution in [0, 0.1) is 17.8 Å². The van der Waals surface area contributed by atoms with Crippen molar-refractivity contribution in [2.45, 2.75) is 146 Å². The molecule has 5 N–H and O–H groups in total. The summed E-state index contributed by atoms with van der Waals surface area (Å²) in [6.07, 6.45) is 4.48. The Morgan fingerprint density at radius 1 is 0.802 bits per heavy atom. The molecule has 0 saturated carbocycles. The van der Waals surface area contributed by atoms with Gasteiger partial charge in [-0.1, -0.05) is 94.6 Å². The van der Waals surface area contributed by atoms with E-state index in [1.807, 2.05) is 68.8 Å². The molecule has 5 aromatic rings. The number of hydrogen-bond acceptors (Lipinski definition) is 16. The SMILES string of the molecule is Cc1ncsc1-c1ccc(CNC(=O)[C@@H]2C[C@@H](O)CN2C(=O)[C@@H](NC(=O)CCCCCC(=O)N2CCN(CCCNc3ccc(S(=O)(=O)NC(=O)c4ccc(N5CCN(CC6=C(c7ccc(Cl)cc7)CCC(C)(C)C6)CC5)cc4)cc3S(=O)(=O)C(F)(F)F)CC2)C(C)(C)C)cc1. The Bertz CT molecular complexity index is 3850. The summed E-state index contributed by atoms with van der Waals surface area (Å²) < 4.78 is 97.3. The number of nitrogens with one attached hydrogen (secondary N) is 4. The Morgan fingerprint density at radius 2 is 1.46 bits per heavy atom. The van der Waals surface area contributed by atoms with Crippen LogP contribution < -0.4 is 25.6 Å². The normalized spacial score (nSPS) is 18.7. The number of aryl methyl sites for hydroxylation is 1. The molecule has 4 aromatic carbocycles. The van der Waals surface area contributed by atoms with Crippen LogP contribution in [0.1, 0.15) is 126 Å². The van der Waals surface area contributed by atoms with E-state index in [1.165, 1.54) is 33.7 Å². The molecule has 3 saturated heterocycles. The highest BCUT2D eigenvalue weighted by atomic mass is 35.5. The van der Waals surface area contributed by atoms with E-state index >= 15 is 0 Å². The second-order valence-corrected chi connectivity index (χ2v) is 32.2. The molecule has 1 aliphatic carbocycles. The first-order chi connectivity index (χ1) is 45.4. The van der Waals surface area contributed by atoms with Crippen LogP contribution in [-0.4, -0.2) is 178 Å². The molecule has 4 heterocycles. The molecule has 20 nitrogen and oxygen atoms in total. The van der Waals surface area contributed by atoms with Crippen LogP contribution in [0.4, 0.5) is 24.5 Å². The van der Waals surface area contributed by atoms with Gasteiger partial charge in [0.15, 0.2) is 0 Å². The molecule has 520 valence electrons. The molecule has 27 heteroatoms. The van der Waals surface area contributed by atoms with Gasteiger partial charge in [-0.2, -0.15) is 13.2 Å². The summed E-state index contributed by atoms with van der Waals surface area (Å²) in [5, 5.41) is 19.9. The fourth-order valence-electron chi connectivity index (χ4n) is 12.9. The van der Waals surface area contributed by atoms with Gasteiger partial charge in [0.1, 0.15) is 17.0 Å². The Kier molecular flexibility index (Phi) is 23.9. The smallest absolute Gasteiger partial charge is 0.391 e. The number of carbonyl (C=O) groups excluding carboxylic acids is 5. The minimum absolute atomic E-state index is 0.00985. The van der Waals surface area contributed by atoms with Crippen molar-refractivity contribution in [2.24, 2.45) is 10.8 Å². The average Bonchev–Trinajstić information content (AvgIpc) is 0.787. The second kappa shape index (κ2) is 31.3. The van der Waals surface area contributed by atoms with Crippen molar-refractivity contribution >= 4 is 89.3 Å². The number of unbranched alkanes of at least 4 members (excludes halogenated alkanes) is 2. The van der Waals surface area contributed by atoms with Crippen LogP contribution in [0.2, 0.25) is 5.02 Å². The molecule has 0 bridgehead atoms. The molecule has 96 heavy (non-hydrogen) atoms. The Labute approximate surface area is 570 Å². The zero-order chi connectivity index (χ0) is 69.3. The Morgan fingerprint density at radius 3 is 2.10 bits per heavy atom. The maximum absolute atomic E-state index is 14.1. The van der Waals surface area contributed by atoms with Gasteiger partial charge in [-0.05, 0) is 140 Å². The van der Waals surface area contributed by atoms with Crippen molar-refractivity contribution in [1.29, 1.82) is 0 Å². The van der Waals surface area contributed by atoms with Gasteiger partial charge in [0.05, 0.1) is 32.8 Å². The third kappa shape index (κ3) is 18.8. The molecular formula is C69H88ClF3N10O10S3. The molecule has 9 rings (SSSR count). The van der Waals surface area contributed by atoms with Gasteiger partial charge in [0, 0.05) is 114 Å². The highest BCUT2D eigenvalue weighted by Gasteiger charge is 2.49. The lowest BCUT2D eigenvalue weighted by Crippen LogP contribution is -2.57. The number of β-amino-alcohol motifs (C(OH)–C–C–N with tert-alkyl or cyclic N) is 1. The van der Waals surface area contributed by atoms with Gasteiger partial charge < -0.3 is 35.8 Å². The van der Waals surface area contributed by atoms with Gasteiger partial charge in [-0.3, -0.25) is 33.8 Å². The van der Waals surface area contributed by atoms with Crippen LogP contribution in [-0.2, 0) is 45.6 Å². The fraction of sp³-hybridized carbons (Fsp3) is 0.507. The monoisotopic (exact) mass is 1400 g/mol. The first-order valence-electron chi connectivity index (χ1n) is 32.7. The first kappa shape index (κ1) is 73.3. The molecule has 1 aromatic heterocycles. The van der Waals surface area contributed by atoms with Crippen LogP contribution in [0.25, 0.3) is 16.0 Å². The third-order valence-corrected chi connectivity index (χ3v) is 22.5. The van der Waals surface area contributed by atoms with Gasteiger partial charge in [-0.15, -0.1) is 11.3 Å². The number of aliphatic hydroxyl groups excluding tert-OH is 1. The largest absolute Gasteiger partial charge is 0.501 e. The van der Waals surface area contributed by atoms with E-state index in [1.54, 1.807) is 33.9 Å². The highest BCUT2D eigenvalue weighted by molar-refractivity contribution is 7.92. The van der Waals surface area contributed by atoms with Crippen molar-refractivity contribution in [3.8, 4) is 10.4 Å². The summed E-state index contributed by atoms with van der Waals surface area (Å²) in [7, 11) is -11.0. The third-order valence-electron chi connectivity index (χ3n) is 18.4. The quantitative estimate of drug-likeness (QED) is 0.0341. The minimum atomic E-state index is -6.09. The number of sulfone groups is 1. The molecular weight excluding hydrogens is 1320 g/mol. The van der Waals surface area contributed by atoms with E-state index in [2.05, 4.69) is 61.6 Å². The number of piperazine rings is 2. The van der Waals surface area contributed by atoms with Crippen LogP contribution in [0.5, 0.6) is 0 Å². The number of carbonyl (C=O) groups is 5. The van der Waals surface area contributed by atoms with Crippen LogP contribution in [0.15, 0.2) is 112 Å². The van der Waals surface area contributed by atoms with Gasteiger partial charge in [0.2, 0.25) is 23.6 Å². The van der Waals surface area contributed by atoms with E-state index in [0.717, 1.165) is 78.4 Å². The average molecular weight is 1410 g/mol. The number of aliphatic hydroxyl groups is 1. The van der Waals surface area contributed by atoms with E-state index < -0.39 is 82.2 Å². The Hall–Kier alpha value is -6.94. The molecule has 3 aliphatic heterocycles.